The first-order chi connectivity index (χ1) is 17.5. The zero-order valence-corrected chi connectivity index (χ0v) is 22.0. The van der Waals surface area contributed by atoms with E-state index < -0.39 is 66.2 Å². The van der Waals surface area contributed by atoms with Crippen molar-refractivity contribution in [2.75, 3.05) is 49.7 Å². The van der Waals surface area contributed by atoms with Crippen LogP contribution in [-0.4, -0.2) is 78.6 Å². The van der Waals surface area contributed by atoms with Crippen molar-refractivity contribution < 1.29 is 48.3 Å². The molecule has 1 amide bonds. The molecule has 2 aromatic rings. The molecule has 8 nitrogen and oxygen atoms in total. The highest BCUT2D eigenvalue weighted by Crippen LogP contribution is 2.30. The SMILES string of the molecule is CCCS(=O)(=O)c1ccc(N2CCN(C(=O)c3cc(S(C)(=O)=O)ccc3OCC(F)(F)F)CC2)c(F)c1F. The van der Waals surface area contributed by atoms with Crippen LogP contribution in [0.1, 0.15) is 23.7 Å². The largest absolute Gasteiger partial charge is 0.483 e. The van der Waals surface area contributed by atoms with E-state index in [-0.39, 0.29) is 48.9 Å². The molecule has 38 heavy (non-hydrogen) atoms. The second-order valence-corrected chi connectivity index (χ2v) is 12.7. The molecule has 0 aromatic heterocycles. The van der Waals surface area contributed by atoms with Crippen molar-refractivity contribution in [1.29, 1.82) is 0 Å². The monoisotopic (exact) mass is 584 g/mol. The molecule has 1 aliphatic heterocycles. The molecule has 0 aliphatic carbocycles. The number of anilines is 1. The number of carbonyl (C=O) groups excluding carboxylic acids is 1. The fraction of sp³-hybridized carbons (Fsp3) is 0.435. The molecule has 1 saturated heterocycles. The summed E-state index contributed by atoms with van der Waals surface area (Å²) in [5, 5.41) is 0. The molecule has 0 unspecified atom stereocenters. The van der Waals surface area contributed by atoms with Crippen LogP contribution in [0.5, 0.6) is 5.75 Å². The first kappa shape index (κ1) is 29.6. The predicted octanol–water partition coefficient (Wildman–Crippen LogP) is 3.46. The van der Waals surface area contributed by atoms with Crippen molar-refractivity contribution in [3.63, 3.8) is 0 Å². The number of piperazine rings is 1. The van der Waals surface area contributed by atoms with Crippen LogP contribution >= 0.6 is 0 Å². The number of hydrogen-bond acceptors (Lipinski definition) is 7. The van der Waals surface area contributed by atoms with E-state index in [0.29, 0.717) is 0 Å². The van der Waals surface area contributed by atoms with Gasteiger partial charge in [-0.1, -0.05) is 6.92 Å². The van der Waals surface area contributed by atoms with Crippen LogP contribution in [-0.2, 0) is 19.7 Å². The van der Waals surface area contributed by atoms with Gasteiger partial charge in [0.05, 0.1) is 21.9 Å². The van der Waals surface area contributed by atoms with E-state index >= 15 is 0 Å². The zero-order chi connectivity index (χ0) is 28.5. The topological polar surface area (TPSA) is 101 Å². The van der Waals surface area contributed by atoms with Crippen LogP contribution in [0, 0.1) is 11.6 Å². The lowest BCUT2D eigenvalue weighted by molar-refractivity contribution is -0.153. The first-order valence-corrected chi connectivity index (χ1v) is 14.9. The molecule has 0 atom stereocenters. The van der Waals surface area contributed by atoms with Crippen molar-refractivity contribution in [1.82, 2.24) is 4.90 Å². The minimum Gasteiger partial charge on any atom is -0.483 e. The second-order valence-electron chi connectivity index (χ2n) is 8.64. The van der Waals surface area contributed by atoms with Gasteiger partial charge in [-0.25, -0.2) is 25.6 Å². The molecule has 0 N–H and O–H groups in total. The summed E-state index contributed by atoms with van der Waals surface area (Å²) in [6.07, 6.45) is -3.61. The Bertz CT molecular complexity index is 1420. The van der Waals surface area contributed by atoms with Crippen molar-refractivity contribution in [2.24, 2.45) is 0 Å². The van der Waals surface area contributed by atoms with Gasteiger partial charge in [0.25, 0.3) is 5.91 Å². The molecular weight excluding hydrogens is 559 g/mol. The molecule has 0 spiro atoms. The van der Waals surface area contributed by atoms with Gasteiger partial charge < -0.3 is 14.5 Å². The number of sulfone groups is 2. The average Bonchev–Trinajstić information content (AvgIpc) is 2.82. The molecular formula is C23H25F5N2O6S2. The maximum atomic E-state index is 14.8. The summed E-state index contributed by atoms with van der Waals surface area (Å²) in [7, 11) is -7.80. The van der Waals surface area contributed by atoms with Gasteiger partial charge >= 0.3 is 6.18 Å². The Morgan fingerprint density at radius 3 is 2.16 bits per heavy atom. The molecule has 2 aromatic carbocycles. The van der Waals surface area contributed by atoms with Crippen LogP contribution in [0.4, 0.5) is 27.6 Å². The van der Waals surface area contributed by atoms with Crippen molar-refractivity contribution in [3.8, 4) is 5.75 Å². The fourth-order valence-corrected chi connectivity index (χ4v) is 5.94. The summed E-state index contributed by atoms with van der Waals surface area (Å²) in [5.74, 6) is -4.47. The molecule has 210 valence electrons. The van der Waals surface area contributed by atoms with Gasteiger partial charge in [-0.05, 0) is 36.8 Å². The van der Waals surface area contributed by atoms with Gasteiger partial charge in [0.1, 0.15) is 10.6 Å². The first-order valence-electron chi connectivity index (χ1n) is 11.3. The summed E-state index contributed by atoms with van der Waals surface area (Å²) < 4.78 is 120. The Kier molecular flexibility index (Phi) is 8.61. The molecule has 1 fully saturated rings. The summed E-state index contributed by atoms with van der Waals surface area (Å²) >= 11 is 0. The van der Waals surface area contributed by atoms with Gasteiger partial charge in [0, 0.05) is 32.4 Å². The van der Waals surface area contributed by atoms with Crippen LogP contribution in [0.15, 0.2) is 40.1 Å². The number of ether oxygens (including phenoxy) is 1. The highest BCUT2D eigenvalue weighted by Gasteiger charge is 2.32. The van der Waals surface area contributed by atoms with E-state index in [9.17, 15) is 43.6 Å². The Morgan fingerprint density at radius 2 is 1.61 bits per heavy atom. The smallest absolute Gasteiger partial charge is 0.422 e. The van der Waals surface area contributed by atoms with Crippen LogP contribution in [0.2, 0.25) is 0 Å². The number of carbonyl (C=O) groups is 1. The van der Waals surface area contributed by atoms with E-state index in [1.54, 1.807) is 6.92 Å². The quantitative estimate of drug-likeness (QED) is 0.438. The number of rotatable bonds is 8. The Balaban J connectivity index is 1.82. The zero-order valence-electron chi connectivity index (χ0n) is 20.4. The van der Waals surface area contributed by atoms with Crippen LogP contribution < -0.4 is 9.64 Å². The number of nitrogens with zero attached hydrogens (tertiary/aromatic N) is 2. The number of halogens is 5. The van der Waals surface area contributed by atoms with Crippen LogP contribution in [0.3, 0.4) is 0 Å². The second kappa shape index (κ2) is 11.0. The summed E-state index contributed by atoms with van der Waals surface area (Å²) in [6, 6.07) is 5.05. The molecule has 3 rings (SSSR count). The lowest BCUT2D eigenvalue weighted by atomic mass is 10.1. The van der Waals surface area contributed by atoms with E-state index in [4.69, 9.17) is 4.74 Å². The third-order valence-electron chi connectivity index (χ3n) is 5.74. The molecule has 0 saturated carbocycles. The van der Waals surface area contributed by atoms with Gasteiger partial charge in [0.2, 0.25) is 0 Å². The van der Waals surface area contributed by atoms with E-state index in [1.165, 1.54) is 9.80 Å². The molecule has 0 radical (unpaired) electrons. The Morgan fingerprint density at radius 1 is 0.974 bits per heavy atom. The van der Waals surface area contributed by atoms with E-state index in [0.717, 1.165) is 36.6 Å². The maximum Gasteiger partial charge on any atom is 0.422 e. The predicted molar refractivity (Wildman–Crippen MR) is 128 cm³/mol. The minimum atomic E-state index is -4.70. The third-order valence-corrected chi connectivity index (χ3v) is 8.78. The van der Waals surface area contributed by atoms with Gasteiger partial charge in [-0.3, -0.25) is 4.79 Å². The molecule has 1 heterocycles. The van der Waals surface area contributed by atoms with Crippen molar-refractivity contribution in [2.45, 2.75) is 29.3 Å². The van der Waals surface area contributed by atoms with Crippen molar-refractivity contribution in [3.05, 3.63) is 47.5 Å². The highest BCUT2D eigenvalue weighted by atomic mass is 32.2. The summed E-state index contributed by atoms with van der Waals surface area (Å²) in [6.45, 7) is -0.297. The average molecular weight is 585 g/mol. The molecule has 15 heteroatoms. The van der Waals surface area contributed by atoms with Crippen LogP contribution in [0.25, 0.3) is 0 Å². The summed E-state index contributed by atoms with van der Waals surface area (Å²) in [4.78, 5) is 14.7. The maximum absolute atomic E-state index is 14.8. The van der Waals surface area contributed by atoms with Gasteiger partial charge in [0.15, 0.2) is 37.9 Å². The lowest BCUT2D eigenvalue weighted by Gasteiger charge is -2.36. The Labute approximate surface area is 216 Å². The summed E-state index contributed by atoms with van der Waals surface area (Å²) in [5.41, 5.74) is -0.605. The molecule has 0 bridgehead atoms. The lowest BCUT2D eigenvalue weighted by Crippen LogP contribution is -2.49. The fourth-order valence-electron chi connectivity index (χ4n) is 3.90. The standard InChI is InChI=1S/C23H25F5N2O6S2/c1-3-12-38(34,35)19-7-5-17(20(24)21(19)25)29-8-10-30(11-9-29)22(31)16-13-15(37(2,32)33)4-6-18(16)36-14-23(26,27)28/h4-7,13H,3,8-12,14H2,1-2H3. The van der Waals surface area contributed by atoms with E-state index in [2.05, 4.69) is 0 Å². The highest BCUT2D eigenvalue weighted by molar-refractivity contribution is 7.91. The number of amides is 1. The van der Waals surface area contributed by atoms with E-state index in [1.807, 2.05) is 0 Å². The molecule has 1 aliphatic rings. The van der Waals surface area contributed by atoms with Crippen molar-refractivity contribution >= 4 is 31.3 Å². The third kappa shape index (κ3) is 6.73. The normalized spacial score (nSPS) is 15.0. The number of alkyl halides is 3. The Hall–Kier alpha value is -2.94. The van der Waals surface area contributed by atoms with Gasteiger partial charge in [-0.2, -0.15) is 13.2 Å². The minimum absolute atomic E-state index is 0.0202. The number of hydrogen-bond donors (Lipinski definition) is 0. The van der Waals surface area contributed by atoms with Gasteiger partial charge in [-0.15, -0.1) is 0 Å². The number of benzene rings is 2.